The van der Waals surface area contributed by atoms with E-state index in [0.717, 1.165) is 17.8 Å². The summed E-state index contributed by atoms with van der Waals surface area (Å²) in [6, 6.07) is 11.6. The molecule has 2 aromatic rings. The Kier molecular flexibility index (Phi) is 6.54. The maximum Gasteiger partial charge on any atom is 0.341 e. The van der Waals surface area contributed by atoms with Crippen LogP contribution >= 0.6 is 0 Å². The summed E-state index contributed by atoms with van der Waals surface area (Å²) in [4.78, 5) is 37.9. The Morgan fingerprint density at radius 1 is 1.03 bits per heavy atom. The summed E-state index contributed by atoms with van der Waals surface area (Å²) >= 11 is 0. The van der Waals surface area contributed by atoms with Crippen LogP contribution in [-0.4, -0.2) is 42.4 Å². The van der Waals surface area contributed by atoms with E-state index < -0.39 is 35.7 Å². The third-order valence-corrected chi connectivity index (χ3v) is 4.74. The highest BCUT2D eigenvalue weighted by Gasteiger charge is 2.28. The van der Waals surface area contributed by atoms with E-state index in [1.165, 1.54) is 4.90 Å². The number of nitrogens with one attached hydrogen (secondary N) is 1. The number of amides is 2. The van der Waals surface area contributed by atoms with E-state index in [4.69, 9.17) is 4.74 Å². The minimum Gasteiger partial charge on any atom is -0.452 e. The van der Waals surface area contributed by atoms with Gasteiger partial charge in [-0.15, -0.1) is 0 Å². The normalized spacial score (nSPS) is 14.3. The Bertz CT molecular complexity index is 897. The zero-order valence-corrected chi connectivity index (χ0v) is 15.6. The number of para-hydroxylation sites is 1. The van der Waals surface area contributed by atoms with Crippen molar-refractivity contribution in [3.63, 3.8) is 0 Å². The molecule has 0 spiro atoms. The van der Waals surface area contributed by atoms with E-state index >= 15 is 0 Å². The van der Waals surface area contributed by atoms with Crippen molar-refractivity contribution in [2.24, 2.45) is 5.92 Å². The van der Waals surface area contributed by atoms with Crippen molar-refractivity contribution in [2.75, 3.05) is 25.0 Å². The molecule has 0 radical (unpaired) electrons. The summed E-state index contributed by atoms with van der Waals surface area (Å²) < 4.78 is 31.3. The SMILES string of the molecule is O=C(OCC(=O)N1CCC(C(=O)Nc2ccccc2)CC1)c1ccc(F)cc1F. The highest BCUT2D eigenvalue weighted by Crippen LogP contribution is 2.20. The molecule has 1 fully saturated rings. The molecule has 2 aromatic carbocycles. The lowest BCUT2D eigenvalue weighted by Crippen LogP contribution is -2.43. The van der Waals surface area contributed by atoms with Crippen LogP contribution in [0.5, 0.6) is 0 Å². The van der Waals surface area contributed by atoms with Crippen molar-refractivity contribution in [1.82, 2.24) is 4.90 Å². The van der Waals surface area contributed by atoms with Crippen molar-refractivity contribution < 1.29 is 27.9 Å². The predicted molar refractivity (Wildman–Crippen MR) is 101 cm³/mol. The monoisotopic (exact) mass is 402 g/mol. The number of esters is 1. The topological polar surface area (TPSA) is 75.7 Å². The fourth-order valence-electron chi connectivity index (χ4n) is 3.11. The first-order valence-electron chi connectivity index (χ1n) is 9.20. The standard InChI is InChI=1S/C21H20F2N2O4/c22-15-6-7-17(18(23)12-15)21(28)29-13-19(26)25-10-8-14(9-11-25)20(27)24-16-4-2-1-3-5-16/h1-7,12,14H,8-11,13H2,(H,24,27). The summed E-state index contributed by atoms with van der Waals surface area (Å²) in [5, 5.41) is 2.85. The van der Waals surface area contributed by atoms with Crippen LogP contribution in [0.1, 0.15) is 23.2 Å². The lowest BCUT2D eigenvalue weighted by Gasteiger charge is -2.31. The number of rotatable bonds is 5. The summed E-state index contributed by atoms with van der Waals surface area (Å²) in [5.41, 5.74) is 0.284. The number of anilines is 1. The average molecular weight is 402 g/mol. The van der Waals surface area contributed by atoms with Crippen LogP contribution in [0.3, 0.4) is 0 Å². The van der Waals surface area contributed by atoms with Gasteiger partial charge in [0.1, 0.15) is 11.6 Å². The number of halogens is 2. The lowest BCUT2D eigenvalue weighted by atomic mass is 9.95. The molecule has 1 heterocycles. The lowest BCUT2D eigenvalue weighted by molar-refractivity contribution is -0.137. The molecule has 2 amide bonds. The van der Waals surface area contributed by atoms with Crippen LogP contribution in [0.15, 0.2) is 48.5 Å². The Labute approximate surface area is 166 Å². The average Bonchev–Trinajstić information content (AvgIpc) is 2.72. The molecule has 0 atom stereocenters. The Hall–Kier alpha value is -3.29. The zero-order chi connectivity index (χ0) is 20.8. The first-order valence-corrected chi connectivity index (χ1v) is 9.20. The molecule has 0 bridgehead atoms. The molecule has 1 saturated heterocycles. The third-order valence-electron chi connectivity index (χ3n) is 4.74. The fraction of sp³-hybridized carbons (Fsp3) is 0.286. The summed E-state index contributed by atoms with van der Waals surface area (Å²) in [7, 11) is 0. The predicted octanol–water partition coefficient (Wildman–Crippen LogP) is 3.00. The second kappa shape index (κ2) is 9.27. The first kappa shape index (κ1) is 20.4. The highest BCUT2D eigenvalue weighted by atomic mass is 19.1. The van der Waals surface area contributed by atoms with Crippen molar-refractivity contribution in [3.05, 3.63) is 65.7 Å². The largest absolute Gasteiger partial charge is 0.452 e. The smallest absolute Gasteiger partial charge is 0.341 e. The molecule has 0 saturated carbocycles. The molecular weight excluding hydrogens is 382 g/mol. The van der Waals surface area contributed by atoms with Crippen LogP contribution in [0, 0.1) is 17.6 Å². The molecule has 1 aliphatic rings. The van der Waals surface area contributed by atoms with Crippen LogP contribution in [-0.2, 0) is 14.3 Å². The zero-order valence-electron chi connectivity index (χ0n) is 15.6. The molecule has 1 aliphatic heterocycles. The van der Waals surface area contributed by atoms with Gasteiger partial charge in [0.2, 0.25) is 5.91 Å². The van der Waals surface area contributed by atoms with E-state index in [-0.39, 0.29) is 11.8 Å². The second-order valence-electron chi connectivity index (χ2n) is 6.71. The van der Waals surface area contributed by atoms with Gasteiger partial charge < -0.3 is 15.0 Å². The fourth-order valence-corrected chi connectivity index (χ4v) is 3.11. The molecule has 8 heteroatoms. The number of likely N-dealkylation sites (tertiary alicyclic amines) is 1. The van der Waals surface area contributed by atoms with Crippen molar-refractivity contribution in [3.8, 4) is 0 Å². The van der Waals surface area contributed by atoms with Gasteiger partial charge in [0.15, 0.2) is 6.61 Å². The Morgan fingerprint density at radius 2 is 1.72 bits per heavy atom. The van der Waals surface area contributed by atoms with Gasteiger partial charge in [0, 0.05) is 30.8 Å². The first-order chi connectivity index (χ1) is 13.9. The van der Waals surface area contributed by atoms with Gasteiger partial charge >= 0.3 is 5.97 Å². The number of hydrogen-bond acceptors (Lipinski definition) is 4. The van der Waals surface area contributed by atoms with Gasteiger partial charge in [-0.3, -0.25) is 9.59 Å². The second-order valence-corrected chi connectivity index (χ2v) is 6.71. The van der Waals surface area contributed by atoms with Crippen LogP contribution in [0.2, 0.25) is 0 Å². The van der Waals surface area contributed by atoms with Crippen LogP contribution in [0.25, 0.3) is 0 Å². The van der Waals surface area contributed by atoms with E-state index in [9.17, 15) is 23.2 Å². The highest BCUT2D eigenvalue weighted by molar-refractivity contribution is 5.93. The maximum absolute atomic E-state index is 13.6. The minimum atomic E-state index is -1.05. The van der Waals surface area contributed by atoms with E-state index in [1.807, 2.05) is 18.2 Å². The molecule has 1 N–H and O–H groups in total. The van der Waals surface area contributed by atoms with Crippen LogP contribution < -0.4 is 5.32 Å². The summed E-state index contributed by atoms with van der Waals surface area (Å²) in [6.45, 7) is 0.166. The molecule has 0 unspecified atom stereocenters. The van der Waals surface area contributed by atoms with Gasteiger partial charge in [-0.25, -0.2) is 13.6 Å². The van der Waals surface area contributed by atoms with Crippen molar-refractivity contribution >= 4 is 23.5 Å². The Balaban J connectivity index is 1.45. The van der Waals surface area contributed by atoms with Crippen molar-refractivity contribution in [1.29, 1.82) is 0 Å². The number of nitrogens with zero attached hydrogens (tertiary/aromatic N) is 1. The van der Waals surface area contributed by atoms with E-state index in [2.05, 4.69) is 5.32 Å². The Morgan fingerprint density at radius 3 is 2.38 bits per heavy atom. The minimum absolute atomic E-state index is 0.0958. The quantitative estimate of drug-likeness (QED) is 0.781. The maximum atomic E-state index is 13.6. The molecule has 152 valence electrons. The summed E-state index contributed by atoms with van der Waals surface area (Å²) in [6.07, 6.45) is 0.982. The molecule has 3 rings (SSSR count). The molecule has 29 heavy (non-hydrogen) atoms. The van der Waals surface area contributed by atoms with Gasteiger partial charge in [-0.2, -0.15) is 0 Å². The van der Waals surface area contributed by atoms with E-state index in [1.54, 1.807) is 12.1 Å². The van der Waals surface area contributed by atoms with Gasteiger partial charge in [-0.05, 0) is 37.1 Å². The number of ether oxygens (including phenoxy) is 1. The molecule has 0 aliphatic carbocycles. The number of piperidine rings is 1. The molecule has 6 nitrogen and oxygen atoms in total. The number of carbonyl (C=O) groups is 3. The number of carbonyl (C=O) groups excluding carboxylic acids is 3. The number of hydrogen-bond donors (Lipinski definition) is 1. The third kappa shape index (κ3) is 5.37. The van der Waals surface area contributed by atoms with Gasteiger partial charge in [-0.1, -0.05) is 18.2 Å². The molecule has 0 aromatic heterocycles. The van der Waals surface area contributed by atoms with Gasteiger partial charge in [0.25, 0.3) is 5.91 Å². The van der Waals surface area contributed by atoms with E-state index in [0.29, 0.717) is 32.0 Å². The van der Waals surface area contributed by atoms with Gasteiger partial charge in [0.05, 0.1) is 5.56 Å². The van der Waals surface area contributed by atoms with Crippen molar-refractivity contribution in [2.45, 2.75) is 12.8 Å². The van der Waals surface area contributed by atoms with Crippen LogP contribution in [0.4, 0.5) is 14.5 Å². The summed E-state index contributed by atoms with van der Waals surface area (Å²) in [5.74, 6) is -3.63. The molecular formula is C21H20F2N2O4. The number of benzene rings is 2.